The first kappa shape index (κ1) is 27.3. The molecule has 9 nitrogen and oxygen atoms in total. The van der Waals surface area contributed by atoms with Gasteiger partial charge in [-0.05, 0) is 90.6 Å². The Kier molecular flexibility index (Phi) is 8.71. The Bertz CT molecular complexity index is 1400. The van der Waals surface area contributed by atoms with Crippen LogP contribution in [-0.2, 0) is 11.3 Å². The van der Waals surface area contributed by atoms with E-state index in [0.29, 0.717) is 28.8 Å². The molecular weight excluding hydrogens is 528 g/mol. The minimum absolute atomic E-state index is 0.0946. The van der Waals surface area contributed by atoms with Crippen molar-refractivity contribution in [1.29, 1.82) is 0 Å². The van der Waals surface area contributed by atoms with Crippen molar-refractivity contribution in [2.75, 3.05) is 10.2 Å². The largest absolute Gasteiger partial charge is 0.481 e. The van der Waals surface area contributed by atoms with E-state index in [1.54, 1.807) is 48.2 Å². The fourth-order valence-electron chi connectivity index (χ4n) is 4.98. The normalized spacial score (nSPS) is 14.3. The van der Waals surface area contributed by atoms with Crippen LogP contribution >= 0.6 is 11.6 Å². The van der Waals surface area contributed by atoms with Crippen LogP contribution in [0.5, 0.6) is 5.75 Å². The van der Waals surface area contributed by atoms with Gasteiger partial charge in [-0.1, -0.05) is 60.2 Å². The van der Waals surface area contributed by atoms with Gasteiger partial charge < -0.3 is 9.64 Å². The molecule has 1 aliphatic rings. The van der Waals surface area contributed by atoms with Crippen LogP contribution in [-0.4, -0.2) is 38.5 Å². The number of nitrogens with zero attached hydrogens (tertiary/aromatic N) is 4. The molecule has 1 aliphatic carbocycles. The predicted molar refractivity (Wildman–Crippen MR) is 154 cm³/mol. The second kappa shape index (κ2) is 12.7. The third-order valence-corrected chi connectivity index (χ3v) is 7.40. The van der Waals surface area contributed by atoms with Gasteiger partial charge in [0.1, 0.15) is 5.75 Å². The van der Waals surface area contributed by atoms with Gasteiger partial charge >= 0.3 is 0 Å². The SMILES string of the molecule is CC(Oc1ccc(Cl)cc1)C(=O)N(Cc1ccc(C(=O)Nc2nn[nH]n2)cc1)c1ccc(C2CCCCC2)cc1. The maximum atomic E-state index is 13.7. The highest BCUT2D eigenvalue weighted by Crippen LogP contribution is 2.33. The van der Waals surface area contributed by atoms with Gasteiger partial charge in [-0.2, -0.15) is 5.21 Å². The number of halogens is 1. The van der Waals surface area contributed by atoms with Crippen molar-refractivity contribution in [2.24, 2.45) is 0 Å². The molecule has 1 heterocycles. The number of amides is 2. The molecule has 40 heavy (non-hydrogen) atoms. The molecule has 3 aromatic carbocycles. The lowest BCUT2D eigenvalue weighted by Crippen LogP contribution is -2.40. The fourth-order valence-corrected chi connectivity index (χ4v) is 5.10. The molecule has 0 saturated heterocycles. The summed E-state index contributed by atoms with van der Waals surface area (Å²) in [6.45, 7) is 2.05. The molecule has 1 unspecified atom stereocenters. The lowest BCUT2D eigenvalue weighted by Gasteiger charge is -2.28. The minimum atomic E-state index is -0.737. The number of benzene rings is 3. The number of tetrazole rings is 1. The Hall–Kier alpha value is -4.24. The van der Waals surface area contributed by atoms with Gasteiger partial charge in [0, 0.05) is 16.3 Å². The number of anilines is 2. The van der Waals surface area contributed by atoms with E-state index < -0.39 is 6.10 Å². The summed E-state index contributed by atoms with van der Waals surface area (Å²) in [5, 5.41) is 16.4. The first-order chi connectivity index (χ1) is 19.5. The molecule has 1 saturated carbocycles. The van der Waals surface area contributed by atoms with Gasteiger partial charge in [0.05, 0.1) is 6.54 Å². The average Bonchev–Trinajstić information content (AvgIpc) is 3.50. The van der Waals surface area contributed by atoms with Crippen LogP contribution in [0.4, 0.5) is 11.6 Å². The number of ether oxygens (including phenoxy) is 1. The average molecular weight is 559 g/mol. The Labute approximate surface area is 237 Å². The van der Waals surface area contributed by atoms with Gasteiger partial charge in [0.25, 0.3) is 17.8 Å². The molecular formula is C30H31ClN6O3. The van der Waals surface area contributed by atoms with E-state index >= 15 is 0 Å². The quantitative estimate of drug-likeness (QED) is 0.254. The predicted octanol–water partition coefficient (Wildman–Crippen LogP) is 6.15. The number of rotatable bonds is 9. The first-order valence-electron chi connectivity index (χ1n) is 13.4. The number of H-pyrrole nitrogens is 1. The Morgan fingerprint density at radius 1 is 1.00 bits per heavy atom. The van der Waals surface area contributed by atoms with Crippen molar-refractivity contribution >= 4 is 35.1 Å². The van der Waals surface area contributed by atoms with E-state index in [1.165, 1.54) is 37.7 Å². The molecule has 5 rings (SSSR count). The number of nitrogens with one attached hydrogen (secondary N) is 2. The molecule has 1 aromatic heterocycles. The molecule has 2 amide bonds. The van der Waals surface area contributed by atoms with E-state index in [-0.39, 0.29) is 17.8 Å². The Morgan fingerprint density at radius 2 is 1.70 bits per heavy atom. The van der Waals surface area contributed by atoms with Crippen LogP contribution in [0.2, 0.25) is 5.02 Å². The zero-order chi connectivity index (χ0) is 27.9. The van der Waals surface area contributed by atoms with Crippen LogP contribution in [0.3, 0.4) is 0 Å². The molecule has 4 aromatic rings. The Balaban J connectivity index is 1.34. The summed E-state index contributed by atoms with van der Waals surface area (Å²) in [5.41, 5.74) is 3.40. The lowest BCUT2D eigenvalue weighted by molar-refractivity contribution is -0.124. The molecule has 0 bridgehead atoms. The van der Waals surface area contributed by atoms with Gasteiger partial charge in [0.2, 0.25) is 0 Å². The summed E-state index contributed by atoms with van der Waals surface area (Å²) in [6, 6.07) is 22.3. The van der Waals surface area contributed by atoms with Gasteiger partial charge in [-0.3, -0.25) is 14.9 Å². The highest BCUT2D eigenvalue weighted by Gasteiger charge is 2.25. The maximum Gasteiger partial charge on any atom is 0.270 e. The maximum absolute atomic E-state index is 13.7. The Morgan fingerprint density at radius 3 is 2.35 bits per heavy atom. The standard InChI is InChI=1S/C30H31ClN6O3/c1-20(40-27-17-13-25(31)14-18-27)29(39)37(26-15-11-23(12-16-26)22-5-3-2-4-6-22)19-21-7-9-24(10-8-21)28(38)32-30-33-35-36-34-30/h7-18,20,22H,2-6,19H2,1H3,(H2,32,33,34,35,36,38). The third kappa shape index (κ3) is 6.84. The monoisotopic (exact) mass is 558 g/mol. The summed E-state index contributed by atoms with van der Waals surface area (Å²) in [4.78, 5) is 28.0. The molecule has 0 aliphatic heterocycles. The van der Waals surface area contributed by atoms with Gasteiger partial charge in [-0.25, -0.2) is 0 Å². The van der Waals surface area contributed by atoms with Crippen molar-refractivity contribution in [3.63, 3.8) is 0 Å². The topological polar surface area (TPSA) is 113 Å². The molecule has 1 atom stereocenters. The van der Waals surface area contributed by atoms with Crippen molar-refractivity contribution in [1.82, 2.24) is 20.6 Å². The van der Waals surface area contributed by atoms with E-state index in [9.17, 15) is 9.59 Å². The smallest absolute Gasteiger partial charge is 0.270 e. The van der Waals surface area contributed by atoms with E-state index in [1.807, 2.05) is 24.3 Å². The second-order valence-electron chi connectivity index (χ2n) is 9.95. The number of carbonyl (C=O) groups is 2. The zero-order valence-electron chi connectivity index (χ0n) is 22.2. The molecule has 1 fully saturated rings. The second-order valence-corrected chi connectivity index (χ2v) is 10.4. The van der Waals surface area contributed by atoms with Crippen molar-refractivity contribution < 1.29 is 14.3 Å². The number of aromatic amines is 1. The van der Waals surface area contributed by atoms with Crippen LogP contribution < -0.4 is 15.0 Å². The van der Waals surface area contributed by atoms with E-state index in [2.05, 4.69) is 38.1 Å². The van der Waals surface area contributed by atoms with E-state index in [4.69, 9.17) is 16.3 Å². The molecule has 206 valence electrons. The van der Waals surface area contributed by atoms with Crippen LogP contribution in [0.25, 0.3) is 0 Å². The number of hydrogen-bond acceptors (Lipinski definition) is 6. The fraction of sp³-hybridized carbons (Fsp3) is 0.300. The number of carbonyl (C=O) groups excluding carboxylic acids is 2. The highest BCUT2D eigenvalue weighted by atomic mass is 35.5. The molecule has 2 N–H and O–H groups in total. The van der Waals surface area contributed by atoms with Crippen molar-refractivity contribution in [2.45, 2.75) is 57.6 Å². The summed E-state index contributed by atoms with van der Waals surface area (Å²) < 4.78 is 5.97. The zero-order valence-corrected chi connectivity index (χ0v) is 23.0. The molecule has 10 heteroatoms. The van der Waals surface area contributed by atoms with Gasteiger partial charge in [-0.15, -0.1) is 5.10 Å². The molecule has 0 radical (unpaired) electrons. The minimum Gasteiger partial charge on any atom is -0.481 e. The molecule has 0 spiro atoms. The summed E-state index contributed by atoms with van der Waals surface area (Å²) in [7, 11) is 0. The van der Waals surface area contributed by atoms with Crippen LogP contribution in [0, 0.1) is 0 Å². The highest BCUT2D eigenvalue weighted by molar-refractivity contribution is 6.30. The van der Waals surface area contributed by atoms with Gasteiger partial charge in [0.15, 0.2) is 6.10 Å². The van der Waals surface area contributed by atoms with Crippen LogP contribution in [0.15, 0.2) is 72.8 Å². The number of hydrogen-bond donors (Lipinski definition) is 2. The third-order valence-electron chi connectivity index (χ3n) is 7.15. The summed E-state index contributed by atoms with van der Waals surface area (Å²) in [5.74, 6) is 0.695. The van der Waals surface area contributed by atoms with Crippen molar-refractivity contribution in [3.8, 4) is 5.75 Å². The van der Waals surface area contributed by atoms with Crippen LogP contribution in [0.1, 0.15) is 66.4 Å². The van der Waals surface area contributed by atoms with Crippen molar-refractivity contribution in [3.05, 3.63) is 94.5 Å². The number of aromatic nitrogens is 4. The van der Waals surface area contributed by atoms with E-state index in [0.717, 1.165) is 11.3 Å². The summed E-state index contributed by atoms with van der Waals surface area (Å²) >= 11 is 6.00. The first-order valence-corrected chi connectivity index (χ1v) is 13.8. The lowest BCUT2D eigenvalue weighted by atomic mass is 9.84. The summed E-state index contributed by atoms with van der Waals surface area (Å²) in [6.07, 6.45) is 5.51.